The molecule has 0 aliphatic heterocycles. The van der Waals surface area contributed by atoms with E-state index in [1.165, 1.54) is 94.7 Å². The van der Waals surface area contributed by atoms with Crippen LogP contribution < -0.4 is 15.4 Å². The fourth-order valence-corrected chi connectivity index (χ4v) is 6.11. The van der Waals surface area contributed by atoms with Gasteiger partial charge in [-0.15, -0.1) is 0 Å². The van der Waals surface area contributed by atoms with Crippen LogP contribution in [0.4, 0.5) is 11.4 Å². The summed E-state index contributed by atoms with van der Waals surface area (Å²) in [6, 6.07) is 18.1. The standard InChI is InChI=1S/C42H59ClN2O4/c1-6-8-9-10-11-12-13-14-15-16-17-18-19-21-31-22-20-23-34(28-31)49-39(7-2)41(48)44-36-30-38(46)37(29-35(36)43)45-40(47)32-24-26-33(27-25-32)42(3,4)5/h20,22-30,39,46H,6-19,21H2,1-5H3,(H,44,48)(H,45,47). The molecule has 2 amide bonds. The summed E-state index contributed by atoms with van der Waals surface area (Å²) in [5.41, 5.74) is 3.12. The highest BCUT2D eigenvalue weighted by Crippen LogP contribution is 2.34. The predicted octanol–water partition coefficient (Wildman–Crippen LogP) is 12.0. The van der Waals surface area contributed by atoms with Crippen LogP contribution in [0.2, 0.25) is 5.02 Å². The van der Waals surface area contributed by atoms with Crippen molar-refractivity contribution in [3.05, 3.63) is 82.4 Å². The SMILES string of the molecule is CCCCCCCCCCCCCCCc1cccc(OC(CC)C(=O)Nc2cc(O)c(NC(=O)c3ccc(C(C)(C)C)cc3)cc2Cl)c1. The summed E-state index contributed by atoms with van der Waals surface area (Å²) in [6.07, 6.45) is 18.0. The van der Waals surface area contributed by atoms with E-state index < -0.39 is 6.10 Å². The molecule has 3 N–H and O–H groups in total. The summed E-state index contributed by atoms with van der Waals surface area (Å²) in [6.45, 7) is 10.5. The number of amides is 2. The number of nitrogens with one attached hydrogen (secondary N) is 2. The maximum Gasteiger partial charge on any atom is 0.265 e. The third-order valence-corrected chi connectivity index (χ3v) is 9.33. The van der Waals surface area contributed by atoms with Crippen LogP contribution in [-0.4, -0.2) is 23.0 Å². The van der Waals surface area contributed by atoms with Gasteiger partial charge in [0.05, 0.1) is 16.4 Å². The fourth-order valence-electron chi connectivity index (χ4n) is 5.89. The number of rotatable bonds is 21. The number of phenolic OH excluding ortho intramolecular Hbond substituents is 1. The number of benzene rings is 3. The minimum absolute atomic E-state index is 0.0293. The molecule has 49 heavy (non-hydrogen) atoms. The van der Waals surface area contributed by atoms with Crippen molar-refractivity contribution < 1.29 is 19.4 Å². The van der Waals surface area contributed by atoms with Crippen LogP contribution in [0, 0.1) is 0 Å². The Hall–Kier alpha value is -3.51. The summed E-state index contributed by atoms with van der Waals surface area (Å²) in [7, 11) is 0. The van der Waals surface area contributed by atoms with Gasteiger partial charge in [0.1, 0.15) is 11.5 Å². The topological polar surface area (TPSA) is 87.7 Å². The van der Waals surface area contributed by atoms with Gasteiger partial charge in [-0.1, -0.05) is 148 Å². The lowest BCUT2D eigenvalue weighted by Gasteiger charge is -2.19. The number of aromatic hydroxyl groups is 1. The lowest BCUT2D eigenvalue weighted by Crippen LogP contribution is -2.32. The molecule has 6 nitrogen and oxygen atoms in total. The quantitative estimate of drug-likeness (QED) is 0.0766. The molecule has 0 saturated carbocycles. The minimum atomic E-state index is -0.750. The Labute approximate surface area is 300 Å². The van der Waals surface area contributed by atoms with E-state index in [1.807, 2.05) is 37.3 Å². The molecule has 3 aromatic carbocycles. The monoisotopic (exact) mass is 690 g/mol. The highest BCUT2D eigenvalue weighted by atomic mass is 35.5. The first-order valence-electron chi connectivity index (χ1n) is 18.5. The number of halogens is 1. The van der Waals surface area contributed by atoms with Crippen molar-refractivity contribution >= 4 is 34.8 Å². The largest absolute Gasteiger partial charge is 0.506 e. The lowest BCUT2D eigenvalue weighted by molar-refractivity contribution is -0.122. The number of hydrogen-bond donors (Lipinski definition) is 3. The Kier molecular flexibility index (Phi) is 17.0. The highest BCUT2D eigenvalue weighted by molar-refractivity contribution is 6.34. The first-order valence-corrected chi connectivity index (χ1v) is 18.9. The number of anilines is 2. The molecule has 268 valence electrons. The zero-order chi connectivity index (χ0) is 35.6. The summed E-state index contributed by atoms with van der Waals surface area (Å²) in [5, 5.41) is 16.3. The molecular weight excluding hydrogens is 632 g/mol. The molecule has 7 heteroatoms. The van der Waals surface area contributed by atoms with Crippen molar-refractivity contribution in [2.75, 3.05) is 10.6 Å². The number of phenols is 1. The molecule has 1 unspecified atom stereocenters. The van der Waals surface area contributed by atoms with E-state index in [0.717, 1.165) is 18.4 Å². The molecule has 3 rings (SSSR count). The van der Waals surface area contributed by atoms with E-state index in [9.17, 15) is 14.7 Å². The van der Waals surface area contributed by atoms with E-state index in [0.29, 0.717) is 17.7 Å². The number of aryl methyl sites for hydroxylation is 1. The third kappa shape index (κ3) is 14.1. The van der Waals surface area contributed by atoms with Crippen LogP contribution in [0.3, 0.4) is 0 Å². The number of carbonyl (C=O) groups excluding carboxylic acids is 2. The molecule has 0 radical (unpaired) electrons. The average Bonchev–Trinajstić information content (AvgIpc) is 3.07. The van der Waals surface area contributed by atoms with Crippen molar-refractivity contribution in [3.63, 3.8) is 0 Å². The van der Waals surface area contributed by atoms with Gasteiger partial charge in [0, 0.05) is 11.6 Å². The Morgan fingerprint density at radius 1 is 0.755 bits per heavy atom. The zero-order valence-electron chi connectivity index (χ0n) is 30.5. The van der Waals surface area contributed by atoms with Crippen molar-refractivity contribution in [2.45, 2.75) is 142 Å². The van der Waals surface area contributed by atoms with Crippen molar-refractivity contribution in [3.8, 4) is 11.5 Å². The number of carbonyl (C=O) groups is 2. The lowest BCUT2D eigenvalue weighted by atomic mass is 9.87. The summed E-state index contributed by atoms with van der Waals surface area (Å²) < 4.78 is 6.11. The minimum Gasteiger partial charge on any atom is -0.506 e. The van der Waals surface area contributed by atoms with Crippen molar-refractivity contribution in [2.24, 2.45) is 0 Å². The maximum atomic E-state index is 13.2. The second kappa shape index (κ2) is 20.9. The van der Waals surface area contributed by atoms with Crippen LogP contribution in [0.1, 0.15) is 146 Å². The van der Waals surface area contributed by atoms with Crippen molar-refractivity contribution in [1.29, 1.82) is 0 Å². The zero-order valence-corrected chi connectivity index (χ0v) is 31.3. The van der Waals surface area contributed by atoms with Gasteiger partial charge in [0.2, 0.25) is 0 Å². The van der Waals surface area contributed by atoms with Crippen LogP contribution >= 0.6 is 11.6 Å². The van der Waals surface area contributed by atoms with E-state index >= 15 is 0 Å². The highest BCUT2D eigenvalue weighted by Gasteiger charge is 2.21. The average molecular weight is 691 g/mol. The summed E-state index contributed by atoms with van der Waals surface area (Å²) in [4.78, 5) is 26.1. The number of hydrogen-bond acceptors (Lipinski definition) is 4. The Balaban J connectivity index is 1.44. The molecule has 0 aromatic heterocycles. The smallest absolute Gasteiger partial charge is 0.265 e. The predicted molar refractivity (Wildman–Crippen MR) is 205 cm³/mol. The molecule has 0 aliphatic carbocycles. The van der Waals surface area contributed by atoms with E-state index in [-0.39, 0.29) is 39.4 Å². The Morgan fingerprint density at radius 3 is 1.92 bits per heavy atom. The fraction of sp³-hybridized carbons (Fsp3) is 0.524. The van der Waals surface area contributed by atoms with Crippen molar-refractivity contribution in [1.82, 2.24) is 0 Å². The Morgan fingerprint density at radius 2 is 1.35 bits per heavy atom. The first kappa shape index (κ1) is 39.9. The molecule has 0 aliphatic rings. The molecule has 0 spiro atoms. The van der Waals surface area contributed by atoms with Gasteiger partial charge in [-0.3, -0.25) is 9.59 Å². The second-order valence-electron chi connectivity index (χ2n) is 14.3. The van der Waals surface area contributed by atoms with E-state index in [4.69, 9.17) is 16.3 Å². The summed E-state index contributed by atoms with van der Waals surface area (Å²) in [5.74, 6) is -0.313. The van der Waals surface area contributed by atoms with Crippen LogP contribution in [0.15, 0.2) is 60.7 Å². The third-order valence-electron chi connectivity index (χ3n) is 9.01. The van der Waals surface area contributed by atoms with Gasteiger partial charge < -0.3 is 20.5 Å². The summed E-state index contributed by atoms with van der Waals surface area (Å²) >= 11 is 6.48. The van der Waals surface area contributed by atoms with E-state index in [2.05, 4.69) is 44.4 Å². The van der Waals surface area contributed by atoms with Crippen LogP contribution in [0.5, 0.6) is 11.5 Å². The molecule has 3 aromatic rings. The Bertz CT molecular complexity index is 1450. The van der Waals surface area contributed by atoms with Gasteiger partial charge in [-0.05, 0) is 66.1 Å². The number of unbranched alkanes of at least 4 members (excludes halogenated alkanes) is 12. The molecular formula is C42H59ClN2O4. The maximum absolute atomic E-state index is 13.2. The van der Waals surface area contributed by atoms with Crippen LogP contribution in [-0.2, 0) is 16.6 Å². The normalized spacial score (nSPS) is 12.0. The molecule has 0 fully saturated rings. The van der Waals surface area contributed by atoms with Gasteiger partial charge in [0.15, 0.2) is 6.10 Å². The van der Waals surface area contributed by atoms with Crippen LogP contribution in [0.25, 0.3) is 0 Å². The molecule has 0 bridgehead atoms. The van der Waals surface area contributed by atoms with E-state index in [1.54, 1.807) is 12.1 Å². The first-order chi connectivity index (χ1) is 23.5. The van der Waals surface area contributed by atoms with Gasteiger partial charge >= 0.3 is 0 Å². The second-order valence-corrected chi connectivity index (χ2v) is 14.7. The van der Waals surface area contributed by atoms with Gasteiger partial charge in [-0.25, -0.2) is 0 Å². The molecule has 0 heterocycles. The van der Waals surface area contributed by atoms with Gasteiger partial charge in [-0.2, -0.15) is 0 Å². The van der Waals surface area contributed by atoms with Gasteiger partial charge in [0.25, 0.3) is 11.8 Å². The molecule has 1 atom stereocenters. The molecule has 0 saturated heterocycles. The number of ether oxygens (including phenoxy) is 1.